The number of carbonyl (C=O) groups excluding carboxylic acids is 2. The smallest absolute Gasteiger partial charge is 0.324 e. The van der Waals surface area contributed by atoms with E-state index in [2.05, 4.69) is 5.32 Å². The highest BCUT2D eigenvalue weighted by Crippen LogP contribution is 2.20. The minimum atomic E-state index is -0.731. The van der Waals surface area contributed by atoms with Gasteiger partial charge in [0.2, 0.25) is 0 Å². The van der Waals surface area contributed by atoms with E-state index in [9.17, 15) is 9.59 Å². The van der Waals surface area contributed by atoms with Crippen LogP contribution in [0.1, 0.15) is 20.3 Å². The predicted octanol–water partition coefficient (Wildman–Crippen LogP) is 0.353. The highest BCUT2D eigenvalue weighted by Gasteiger charge is 2.44. The van der Waals surface area contributed by atoms with Gasteiger partial charge in [-0.1, -0.05) is 0 Å². The Hall–Kier alpha value is -1.10. The van der Waals surface area contributed by atoms with Gasteiger partial charge in [0, 0.05) is 20.3 Å². The Kier molecular flexibility index (Phi) is 3.10. The number of hydrogen-bond acceptors (Lipinski definition) is 3. The number of carbonyl (C=O) groups is 2. The van der Waals surface area contributed by atoms with Crippen molar-refractivity contribution in [3.63, 3.8) is 0 Å². The number of ether oxygens (including phenoxy) is 1. The molecule has 0 radical (unpaired) electrons. The van der Waals surface area contributed by atoms with Gasteiger partial charge in [-0.15, -0.1) is 0 Å². The maximum atomic E-state index is 11.3. The molecule has 0 unspecified atom stereocenters. The summed E-state index contributed by atoms with van der Waals surface area (Å²) in [5, 5.41) is 2.29. The summed E-state index contributed by atoms with van der Waals surface area (Å²) in [4.78, 5) is 24.2. The second kappa shape index (κ2) is 3.96. The molecule has 0 aromatic carbocycles. The zero-order valence-electron chi connectivity index (χ0n) is 8.79. The van der Waals surface area contributed by atoms with Crippen molar-refractivity contribution >= 4 is 11.9 Å². The Balaban J connectivity index is 2.58. The summed E-state index contributed by atoms with van der Waals surface area (Å²) >= 11 is 0. The van der Waals surface area contributed by atoms with Crippen molar-refractivity contribution in [1.82, 2.24) is 10.2 Å². The molecule has 5 nitrogen and oxygen atoms in total. The largest absolute Gasteiger partial charge is 0.385 e. The molecule has 3 amide bonds. The number of urea groups is 1. The lowest BCUT2D eigenvalue weighted by Gasteiger charge is -2.27. The molecule has 14 heavy (non-hydrogen) atoms. The number of nitrogens with zero attached hydrogens (tertiary/aromatic N) is 1. The molecule has 5 heteroatoms. The van der Waals surface area contributed by atoms with E-state index in [1.807, 2.05) is 0 Å². The molecule has 1 saturated heterocycles. The Labute approximate surface area is 83.4 Å². The van der Waals surface area contributed by atoms with E-state index in [0.29, 0.717) is 13.2 Å². The molecule has 0 spiro atoms. The van der Waals surface area contributed by atoms with Gasteiger partial charge in [-0.3, -0.25) is 10.1 Å². The van der Waals surface area contributed by atoms with Gasteiger partial charge in [-0.2, -0.15) is 0 Å². The van der Waals surface area contributed by atoms with Gasteiger partial charge in [0.25, 0.3) is 5.91 Å². The first-order valence-corrected chi connectivity index (χ1v) is 4.62. The second-order valence-electron chi connectivity index (χ2n) is 3.82. The highest BCUT2D eigenvalue weighted by molar-refractivity contribution is 6.06. The van der Waals surface area contributed by atoms with Gasteiger partial charge >= 0.3 is 6.03 Å². The van der Waals surface area contributed by atoms with Crippen LogP contribution in [0.3, 0.4) is 0 Å². The van der Waals surface area contributed by atoms with Crippen molar-refractivity contribution in [2.24, 2.45) is 0 Å². The molecule has 0 saturated carbocycles. The van der Waals surface area contributed by atoms with Gasteiger partial charge in [0.1, 0.15) is 5.54 Å². The summed E-state index contributed by atoms with van der Waals surface area (Å²) in [5.41, 5.74) is -0.731. The number of amides is 3. The molecule has 0 aromatic rings. The molecule has 1 aliphatic rings. The molecule has 0 atom stereocenters. The molecule has 0 aliphatic carbocycles. The van der Waals surface area contributed by atoms with Crippen LogP contribution in [-0.4, -0.2) is 42.6 Å². The monoisotopic (exact) mass is 200 g/mol. The molecule has 1 heterocycles. The average Bonchev–Trinajstić information content (AvgIpc) is 2.28. The van der Waals surface area contributed by atoms with Crippen molar-refractivity contribution in [1.29, 1.82) is 0 Å². The van der Waals surface area contributed by atoms with Gasteiger partial charge in [0.15, 0.2) is 0 Å². The first-order chi connectivity index (χ1) is 6.50. The van der Waals surface area contributed by atoms with Crippen LogP contribution >= 0.6 is 0 Å². The molecule has 1 aliphatic heterocycles. The van der Waals surface area contributed by atoms with Crippen LogP contribution in [0.15, 0.2) is 0 Å². The lowest BCUT2D eigenvalue weighted by molar-refractivity contribution is -0.125. The summed E-state index contributed by atoms with van der Waals surface area (Å²) in [6.45, 7) is 4.60. The third-order valence-corrected chi connectivity index (χ3v) is 2.43. The summed E-state index contributed by atoms with van der Waals surface area (Å²) in [5.74, 6) is -0.236. The Morgan fingerprint density at radius 2 is 2.07 bits per heavy atom. The fourth-order valence-corrected chi connectivity index (χ4v) is 1.44. The maximum Gasteiger partial charge on any atom is 0.324 e. The van der Waals surface area contributed by atoms with E-state index in [-0.39, 0.29) is 11.9 Å². The number of rotatable bonds is 4. The third-order valence-electron chi connectivity index (χ3n) is 2.43. The van der Waals surface area contributed by atoms with E-state index in [4.69, 9.17) is 4.74 Å². The van der Waals surface area contributed by atoms with Gasteiger partial charge < -0.3 is 9.64 Å². The van der Waals surface area contributed by atoms with Crippen LogP contribution in [0.4, 0.5) is 4.79 Å². The Morgan fingerprint density at radius 3 is 2.50 bits per heavy atom. The lowest BCUT2D eigenvalue weighted by atomic mass is 10.0. The SMILES string of the molecule is COCCCN1C(=O)NC(=O)C1(C)C. The fraction of sp³-hybridized carbons (Fsp3) is 0.778. The van der Waals surface area contributed by atoms with Crippen molar-refractivity contribution < 1.29 is 14.3 Å². The Morgan fingerprint density at radius 1 is 1.43 bits per heavy atom. The van der Waals surface area contributed by atoms with Crippen molar-refractivity contribution in [2.45, 2.75) is 25.8 Å². The molecule has 80 valence electrons. The van der Waals surface area contributed by atoms with Gasteiger partial charge in [0.05, 0.1) is 0 Å². The van der Waals surface area contributed by atoms with Crippen LogP contribution in [0, 0.1) is 0 Å². The molecule has 1 rings (SSSR count). The van der Waals surface area contributed by atoms with Gasteiger partial charge in [-0.05, 0) is 20.3 Å². The molecular weight excluding hydrogens is 184 g/mol. The normalized spacial score (nSPS) is 20.1. The third kappa shape index (κ3) is 1.87. The standard InChI is InChI=1S/C9H16N2O3/c1-9(2)7(12)10-8(13)11(9)5-4-6-14-3/h4-6H2,1-3H3,(H,10,12,13). The first-order valence-electron chi connectivity index (χ1n) is 4.62. The van der Waals surface area contributed by atoms with E-state index < -0.39 is 5.54 Å². The summed E-state index contributed by atoms with van der Waals surface area (Å²) < 4.78 is 4.89. The van der Waals surface area contributed by atoms with E-state index >= 15 is 0 Å². The van der Waals surface area contributed by atoms with Crippen LogP contribution < -0.4 is 5.32 Å². The van der Waals surface area contributed by atoms with Crippen LogP contribution in [0.5, 0.6) is 0 Å². The summed E-state index contributed by atoms with van der Waals surface area (Å²) in [6.07, 6.45) is 0.737. The van der Waals surface area contributed by atoms with E-state index in [1.54, 1.807) is 21.0 Å². The first kappa shape index (κ1) is 11.0. The lowest BCUT2D eigenvalue weighted by Crippen LogP contribution is -2.44. The maximum absolute atomic E-state index is 11.3. The topological polar surface area (TPSA) is 58.6 Å². The fourth-order valence-electron chi connectivity index (χ4n) is 1.44. The second-order valence-corrected chi connectivity index (χ2v) is 3.82. The molecular formula is C9H16N2O3. The number of imide groups is 1. The minimum Gasteiger partial charge on any atom is -0.385 e. The van der Waals surface area contributed by atoms with Crippen LogP contribution in [-0.2, 0) is 9.53 Å². The summed E-state index contributed by atoms with van der Waals surface area (Å²) in [6, 6.07) is -0.309. The quantitative estimate of drug-likeness (QED) is 0.526. The molecule has 1 N–H and O–H groups in total. The zero-order valence-corrected chi connectivity index (χ0v) is 8.79. The van der Waals surface area contributed by atoms with Crippen molar-refractivity contribution in [3.05, 3.63) is 0 Å². The molecule has 0 aromatic heterocycles. The average molecular weight is 200 g/mol. The van der Waals surface area contributed by atoms with Crippen LogP contribution in [0.2, 0.25) is 0 Å². The minimum absolute atomic E-state index is 0.236. The zero-order chi connectivity index (χ0) is 10.8. The molecule has 0 bridgehead atoms. The van der Waals surface area contributed by atoms with Crippen molar-refractivity contribution in [3.8, 4) is 0 Å². The number of methoxy groups -OCH3 is 1. The van der Waals surface area contributed by atoms with Crippen LogP contribution in [0.25, 0.3) is 0 Å². The predicted molar refractivity (Wildman–Crippen MR) is 50.8 cm³/mol. The van der Waals surface area contributed by atoms with Gasteiger partial charge in [-0.25, -0.2) is 4.79 Å². The number of nitrogens with one attached hydrogen (secondary N) is 1. The van der Waals surface area contributed by atoms with E-state index in [1.165, 1.54) is 4.90 Å². The molecule has 1 fully saturated rings. The summed E-state index contributed by atoms with van der Waals surface area (Å²) in [7, 11) is 1.61. The highest BCUT2D eigenvalue weighted by atomic mass is 16.5. The van der Waals surface area contributed by atoms with Crippen molar-refractivity contribution in [2.75, 3.05) is 20.3 Å². The van der Waals surface area contributed by atoms with E-state index in [0.717, 1.165) is 6.42 Å². The Bertz CT molecular complexity index is 250. The number of hydrogen-bond donors (Lipinski definition) is 1.